The fourth-order valence-corrected chi connectivity index (χ4v) is 1.38. The lowest BCUT2D eigenvalue weighted by molar-refractivity contribution is 0.294. The normalized spacial score (nSPS) is 14.1. The summed E-state index contributed by atoms with van der Waals surface area (Å²) < 4.78 is 0. The SMILES string of the molecule is N=NC1=CN(O)c2cc(Cl)ccc2N1. The maximum atomic E-state index is 9.50. The largest absolute Gasteiger partial charge is 0.336 e. The minimum Gasteiger partial charge on any atom is -0.336 e. The van der Waals surface area contributed by atoms with E-state index in [0.717, 1.165) is 5.06 Å². The summed E-state index contributed by atoms with van der Waals surface area (Å²) in [6.07, 6.45) is 1.30. The molecule has 6 heteroatoms. The van der Waals surface area contributed by atoms with Crippen LogP contribution in [0.25, 0.3) is 0 Å². The molecule has 0 fully saturated rings. The number of rotatable bonds is 1. The van der Waals surface area contributed by atoms with Gasteiger partial charge in [0.25, 0.3) is 0 Å². The van der Waals surface area contributed by atoms with E-state index in [1.807, 2.05) is 0 Å². The Labute approximate surface area is 85.1 Å². The Kier molecular flexibility index (Phi) is 2.11. The van der Waals surface area contributed by atoms with Crippen LogP contribution in [0.15, 0.2) is 35.3 Å². The smallest absolute Gasteiger partial charge is 0.171 e. The van der Waals surface area contributed by atoms with Crippen molar-refractivity contribution in [3.05, 3.63) is 35.2 Å². The van der Waals surface area contributed by atoms with Crippen LogP contribution in [0.1, 0.15) is 0 Å². The van der Waals surface area contributed by atoms with Crippen molar-refractivity contribution in [3.63, 3.8) is 0 Å². The molecule has 1 aromatic rings. The highest BCUT2D eigenvalue weighted by atomic mass is 35.5. The maximum absolute atomic E-state index is 9.50. The van der Waals surface area contributed by atoms with Crippen molar-refractivity contribution in [2.45, 2.75) is 0 Å². The molecule has 2 rings (SSSR count). The van der Waals surface area contributed by atoms with E-state index in [0.29, 0.717) is 16.4 Å². The highest BCUT2D eigenvalue weighted by Crippen LogP contribution is 2.32. The van der Waals surface area contributed by atoms with Gasteiger partial charge in [-0.1, -0.05) is 11.6 Å². The van der Waals surface area contributed by atoms with Gasteiger partial charge in [0.1, 0.15) is 0 Å². The van der Waals surface area contributed by atoms with Gasteiger partial charge in [-0.2, -0.15) is 0 Å². The molecule has 0 atom stereocenters. The molecule has 0 aliphatic carbocycles. The number of hydrogen-bond acceptors (Lipinski definition) is 5. The second-order valence-electron chi connectivity index (χ2n) is 2.76. The van der Waals surface area contributed by atoms with Gasteiger partial charge in [0.15, 0.2) is 5.82 Å². The van der Waals surface area contributed by atoms with Crippen molar-refractivity contribution in [1.29, 1.82) is 5.53 Å². The Morgan fingerprint density at radius 1 is 1.50 bits per heavy atom. The molecule has 0 saturated heterocycles. The van der Waals surface area contributed by atoms with E-state index >= 15 is 0 Å². The topological polar surface area (TPSA) is 71.7 Å². The van der Waals surface area contributed by atoms with E-state index in [1.165, 1.54) is 6.20 Å². The molecular formula is C8H7ClN4O. The first kappa shape index (κ1) is 8.98. The second-order valence-corrected chi connectivity index (χ2v) is 3.19. The van der Waals surface area contributed by atoms with Gasteiger partial charge in [0.2, 0.25) is 0 Å². The van der Waals surface area contributed by atoms with Gasteiger partial charge in [-0.3, -0.25) is 5.21 Å². The molecular weight excluding hydrogens is 204 g/mol. The molecule has 1 aliphatic heterocycles. The van der Waals surface area contributed by atoms with Gasteiger partial charge >= 0.3 is 0 Å². The fraction of sp³-hybridized carbons (Fsp3) is 0. The van der Waals surface area contributed by atoms with Crippen LogP contribution >= 0.6 is 11.6 Å². The van der Waals surface area contributed by atoms with Crippen molar-refractivity contribution < 1.29 is 5.21 Å². The Hall–Kier alpha value is -1.59. The van der Waals surface area contributed by atoms with E-state index in [2.05, 4.69) is 10.4 Å². The van der Waals surface area contributed by atoms with E-state index in [-0.39, 0.29) is 5.82 Å². The van der Waals surface area contributed by atoms with Crippen LogP contribution in [-0.4, -0.2) is 5.21 Å². The maximum Gasteiger partial charge on any atom is 0.171 e. The molecule has 72 valence electrons. The molecule has 1 aliphatic rings. The standard InChI is InChI=1S/C8H7ClN4O/c9-5-1-2-6-7(3-5)13(14)4-8(11-6)12-10/h1-4,10-11,14H. The molecule has 0 spiro atoms. The molecule has 3 N–H and O–H groups in total. The molecule has 14 heavy (non-hydrogen) atoms. The lowest BCUT2D eigenvalue weighted by Gasteiger charge is -2.22. The zero-order chi connectivity index (χ0) is 10.1. The Morgan fingerprint density at radius 2 is 2.29 bits per heavy atom. The summed E-state index contributed by atoms with van der Waals surface area (Å²) in [5.74, 6) is 0.266. The minimum atomic E-state index is 0.266. The van der Waals surface area contributed by atoms with Crippen LogP contribution in [0.3, 0.4) is 0 Å². The van der Waals surface area contributed by atoms with Crippen LogP contribution in [0.5, 0.6) is 0 Å². The number of anilines is 2. The molecule has 0 amide bonds. The first-order valence-electron chi connectivity index (χ1n) is 3.84. The van der Waals surface area contributed by atoms with E-state index in [9.17, 15) is 5.21 Å². The van der Waals surface area contributed by atoms with E-state index in [1.54, 1.807) is 18.2 Å². The average Bonchev–Trinajstić information content (AvgIpc) is 2.19. The van der Waals surface area contributed by atoms with Gasteiger partial charge in [0, 0.05) is 5.02 Å². The molecule has 0 bridgehead atoms. The molecule has 0 radical (unpaired) electrons. The van der Waals surface area contributed by atoms with Gasteiger partial charge in [0.05, 0.1) is 17.6 Å². The summed E-state index contributed by atoms with van der Waals surface area (Å²) in [7, 11) is 0. The number of nitrogens with zero attached hydrogens (tertiary/aromatic N) is 2. The summed E-state index contributed by atoms with van der Waals surface area (Å²) in [6, 6.07) is 5.01. The van der Waals surface area contributed by atoms with Gasteiger partial charge < -0.3 is 5.32 Å². The second kappa shape index (κ2) is 3.28. The van der Waals surface area contributed by atoms with Crippen LogP contribution in [0.4, 0.5) is 11.4 Å². The number of fused-ring (bicyclic) bond motifs is 1. The fourth-order valence-electron chi connectivity index (χ4n) is 1.21. The van der Waals surface area contributed by atoms with Crippen LogP contribution in [-0.2, 0) is 0 Å². The zero-order valence-electron chi connectivity index (χ0n) is 7.03. The third-order valence-corrected chi connectivity index (χ3v) is 2.07. The Bertz CT molecular complexity index is 418. The molecule has 0 saturated carbocycles. The quantitative estimate of drug-likeness (QED) is 0.624. The number of hydrogen-bond donors (Lipinski definition) is 3. The van der Waals surface area contributed by atoms with Gasteiger partial charge in [-0.25, -0.2) is 10.6 Å². The van der Waals surface area contributed by atoms with Crippen LogP contribution < -0.4 is 10.4 Å². The van der Waals surface area contributed by atoms with Crippen molar-refractivity contribution in [3.8, 4) is 0 Å². The summed E-state index contributed by atoms with van der Waals surface area (Å²) in [5, 5.41) is 16.9. The highest BCUT2D eigenvalue weighted by Gasteiger charge is 2.15. The molecule has 0 aromatic heterocycles. The number of halogens is 1. The minimum absolute atomic E-state index is 0.266. The summed E-state index contributed by atoms with van der Waals surface area (Å²) in [5.41, 5.74) is 7.99. The van der Waals surface area contributed by atoms with E-state index in [4.69, 9.17) is 17.1 Å². The summed E-state index contributed by atoms with van der Waals surface area (Å²) in [4.78, 5) is 0. The van der Waals surface area contributed by atoms with Gasteiger partial charge in [-0.05, 0) is 18.2 Å². The number of nitrogens with one attached hydrogen (secondary N) is 2. The molecule has 5 nitrogen and oxygen atoms in total. The van der Waals surface area contributed by atoms with Crippen molar-refractivity contribution in [2.75, 3.05) is 10.4 Å². The van der Waals surface area contributed by atoms with Gasteiger partial charge in [-0.15, -0.1) is 5.11 Å². The lowest BCUT2D eigenvalue weighted by atomic mass is 10.2. The first-order valence-corrected chi connectivity index (χ1v) is 4.22. The van der Waals surface area contributed by atoms with Crippen molar-refractivity contribution in [2.24, 2.45) is 5.11 Å². The molecule has 1 aromatic carbocycles. The van der Waals surface area contributed by atoms with Crippen LogP contribution in [0, 0.1) is 5.53 Å². The Morgan fingerprint density at radius 3 is 3.00 bits per heavy atom. The lowest BCUT2D eigenvalue weighted by Crippen LogP contribution is -2.18. The number of hydroxylamine groups is 1. The van der Waals surface area contributed by atoms with E-state index < -0.39 is 0 Å². The predicted octanol–water partition coefficient (Wildman–Crippen LogP) is 2.79. The number of benzene rings is 1. The predicted molar refractivity (Wildman–Crippen MR) is 52.6 cm³/mol. The highest BCUT2D eigenvalue weighted by molar-refractivity contribution is 6.31. The summed E-state index contributed by atoms with van der Waals surface area (Å²) in [6.45, 7) is 0. The first-order chi connectivity index (χ1) is 6.70. The molecule has 0 unspecified atom stereocenters. The zero-order valence-corrected chi connectivity index (χ0v) is 7.78. The van der Waals surface area contributed by atoms with Crippen molar-refractivity contribution in [1.82, 2.24) is 0 Å². The average molecular weight is 211 g/mol. The Balaban J connectivity index is 2.47. The van der Waals surface area contributed by atoms with Crippen LogP contribution in [0.2, 0.25) is 5.02 Å². The monoisotopic (exact) mass is 210 g/mol. The third-order valence-electron chi connectivity index (χ3n) is 1.83. The summed E-state index contributed by atoms with van der Waals surface area (Å²) >= 11 is 5.77. The molecule has 1 heterocycles. The van der Waals surface area contributed by atoms with Crippen molar-refractivity contribution >= 4 is 23.0 Å². The third kappa shape index (κ3) is 1.43.